The van der Waals surface area contributed by atoms with Gasteiger partial charge in [-0.3, -0.25) is 9.59 Å². The number of nitrogens with two attached hydrogens (primary N) is 1. The Bertz CT molecular complexity index is 681. The average molecular weight is 659 g/mol. The van der Waals surface area contributed by atoms with Crippen LogP contribution in [0.25, 0.3) is 0 Å². The molecule has 0 bridgehead atoms. The van der Waals surface area contributed by atoms with E-state index in [9.17, 15) is 24.6 Å². The first-order chi connectivity index (χ1) is 10.7. The molecule has 0 fully saturated rings. The Morgan fingerprint density at radius 2 is 1.65 bits per heavy atom. The summed E-state index contributed by atoms with van der Waals surface area (Å²) in [6, 6.07) is -1.15. The van der Waals surface area contributed by atoms with Crippen LogP contribution in [-0.2, 0) is 4.79 Å². The molecule has 6 N–H and O–H groups in total. The van der Waals surface area contributed by atoms with E-state index in [-0.39, 0.29) is 20.4 Å². The second-order valence-electron chi connectivity index (χ2n) is 4.23. The second-order valence-corrected chi connectivity index (χ2v) is 7.47. The molecule has 0 aliphatic rings. The number of nitrogens with one attached hydrogen (secondary N) is 2. The van der Waals surface area contributed by atoms with Crippen molar-refractivity contribution in [3.63, 3.8) is 0 Å². The lowest BCUT2D eigenvalue weighted by Gasteiger charge is -2.18. The van der Waals surface area contributed by atoms with Crippen LogP contribution in [0, 0.1) is 10.7 Å². The van der Waals surface area contributed by atoms with Crippen LogP contribution in [0.4, 0.5) is 5.69 Å². The van der Waals surface area contributed by atoms with Crippen molar-refractivity contribution in [2.45, 2.75) is 6.04 Å². The minimum Gasteiger partial charge on any atom is -0.478 e. The Hall–Kier alpha value is -0.420. The van der Waals surface area contributed by atoms with Gasteiger partial charge in [0.2, 0.25) is 5.91 Å². The number of hydrogen-bond acceptors (Lipinski definition) is 5. The number of hydrogen-bond donors (Lipinski definition) is 5. The molecule has 0 saturated carbocycles. The molecule has 11 heteroatoms. The molecule has 0 heterocycles. The Balaban J connectivity index is 3.40. The number of halogens is 3. The number of likely N-dealkylation sites (N-methyl/N-ethyl adjacent to an activating group) is 1. The van der Waals surface area contributed by atoms with E-state index < -0.39 is 30.4 Å². The van der Waals surface area contributed by atoms with Gasteiger partial charge in [0.1, 0.15) is 6.04 Å². The highest BCUT2D eigenvalue weighted by molar-refractivity contribution is 14.1. The molecular weight excluding hydrogens is 647 g/mol. The summed E-state index contributed by atoms with van der Waals surface area (Å²) >= 11 is 5.41. The predicted molar refractivity (Wildman–Crippen MR) is 108 cm³/mol. The number of carboxylic acid groups (broad SMARTS) is 1. The molecule has 1 aromatic carbocycles. The number of aliphatic hydroxyl groups is 1. The largest absolute Gasteiger partial charge is 0.478 e. The number of carbonyl (C=O) groups excluding carboxylic acids is 2. The van der Waals surface area contributed by atoms with E-state index in [1.807, 2.05) is 45.2 Å². The van der Waals surface area contributed by atoms with E-state index in [4.69, 9.17) is 5.73 Å². The normalized spacial score (nSPS) is 11.7. The van der Waals surface area contributed by atoms with Crippen LogP contribution in [0.15, 0.2) is 0 Å². The Morgan fingerprint density at radius 3 is 2.09 bits per heavy atom. The molecule has 0 spiro atoms. The number of amides is 2. The number of aliphatic hydroxyl groups excluding tert-OH is 1. The maximum Gasteiger partial charge on any atom is 0.337 e. The van der Waals surface area contributed by atoms with Crippen molar-refractivity contribution in [1.29, 1.82) is 0 Å². The standard InChI is InChI=1S/C12H12I3N3O5/c1-17-10(20)3(2-19)18-11(21)4-6(13)5(12(22)23)8(15)9(16)7(4)14/h3,19H,2,16H2,1H3,(H,17,20)(H,18,21)(H,22,23). The van der Waals surface area contributed by atoms with Gasteiger partial charge >= 0.3 is 5.97 Å². The fourth-order valence-corrected chi connectivity index (χ4v) is 5.79. The van der Waals surface area contributed by atoms with E-state index in [1.54, 1.807) is 22.6 Å². The van der Waals surface area contributed by atoms with E-state index in [0.717, 1.165) is 0 Å². The number of aromatic carboxylic acids is 1. The van der Waals surface area contributed by atoms with E-state index in [2.05, 4.69) is 10.6 Å². The van der Waals surface area contributed by atoms with Crippen molar-refractivity contribution in [3.8, 4) is 0 Å². The molecule has 0 aliphatic carbocycles. The molecule has 1 rings (SSSR count). The number of anilines is 1. The first-order valence-electron chi connectivity index (χ1n) is 5.99. The number of rotatable bonds is 5. The fourth-order valence-electron chi connectivity index (χ4n) is 1.67. The third kappa shape index (κ3) is 4.36. The van der Waals surface area contributed by atoms with Crippen molar-refractivity contribution in [3.05, 3.63) is 21.8 Å². The van der Waals surface area contributed by atoms with Gasteiger partial charge in [-0.2, -0.15) is 0 Å². The zero-order chi connectivity index (χ0) is 17.9. The number of carboxylic acids is 1. The summed E-state index contributed by atoms with van der Waals surface area (Å²) in [5, 5.41) is 23.2. The van der Waals surface area contributed by atoms with Gasteiger partial charge in [-0.25, -0.2) is 4.79 Å². The highest BCUT2D eigenvalue weighted by Gasteiger charge is 2.28. The van der Waals surface area contributed by atoms with Gasteiger partial charge in [-0.05, 0) is 67.8 Å². The third-order valence-electron chi connectivity index (χ3n) is 2.84. The zero-order valence-corrected chi connectivity index (χ0v) is 18.1. The Labute approximate surface area is 172 Å². The molecule has 0 aliphatic heterocycles. The van der Waals surface area contributed by atoms with Crippen molar-refractivity contribution in [1.82, 2.24) is 10.6 Å². The van der Waals surface area contributed by atoms with Crippen LogP contribution in [0.5, 0.6) is 0 Å². The molecule has 23 heavy (non-hydrogen) atoms. The minimum absolute atomic E-state index is 0.0591. The summed E-state index contributed by atoms with van der Waals surface area (Å²) in [5.41, 5.74) is 6.05. The van der Waals surface area contributed by atoms with Crippen LogP contribution in [0.1, 0.15) is 20.7 Å². The van der Waals surface area contributed by atoms with Crippen LogP contribution >= 0.6 is 67.8 Å². The lowest BCUT2D eigenvalue weighted by atomic mass is 10.1. The Morgan fingerprint density at radius 1 is 1.13 bits per heavy atom. The van der Waals surface area contributed by atoms with E-state index in [0.29, 0.717) is 7.14 Å². The van der Waals surface area contributed by atoms with Gasteiger partial charge in [-0.15, -0.1) is 0 Å². The summed E-state index contributed by atoms with van der Waals surface area (Å²) in [6.07, 6.45) is 0. The van der Waals surface area contributed by atoms with E-state index in [1.165, 1.54) is 7.05 Å². The number of carbonyl (C=O) groups is 3. The molecule has 8 nitrogen and oxygen atoms in total. The van der Waals surface area contributed by atoms with Crippen LogP contribution in [0.3, 0.4) is 0 Å². The molecule has 2 amide bonds. The van der Waals surface area contributed by atoms with Gasteiger partial charge in [0.25, 0.3) is 5.91 Å². The molecule has 1 unspecified atom stereocenters. The van der Waals surface area contributed by atoms with Gasteiger partial charge < -0.3 is 26.6 Å². The molecule has 0 aromatic heterocycles. The van der Waals surface area contributed by atoms with Gasteiger partial charge in [-0.1, -0.05) is 0 Å². The molecular formula is C12H12I3N3O5. The van der Waals surface area contributed by atoms with Gasteiger partial charge in [0.05, 0.1) is 30.6 Å². The second kappa shape index (κ2) is 8.61. The van der Waals surface area contributed by atoms with Crippen molar-refractivity contribution in [2.24, 2.45) is 0 Å². The van der Waals surface area contributed by atoms with Crippen molar-refractivity contribution >= 4 is 91.2 Å². The fraction of sp³-hybridized carbons (Fsp3) is 0.250. The highest BCUT2D eigenvalue weighted by atomic mass is 127. The Kier molecular flexibility index (Phi) is 7.72. The first-order valence-corrected chi connectivity index (χ1v) is 9.23. The first kappa shape index (κ1) is 20.6. The van der Waals surface area contributed by atoms with Crippen molar-refractivity contribution < 1.29 is 24.6 Å². The molecule has 126 valence electrons. The third-order valence-corrected chi connectivity index (χ3v) is 6.16. The predicted octanol–water partition coefficient (Wildman–Crippen LogP) is 0.617. The highest BCUT2D eigenvalue weighted by Crippen LogP contribution is 2.33. The molecule has 0 radical (unpaired) electrons. The van der Waals surface area contributed by atoms with Crippen molar-refractivity contribution in [2.75, 3.05) is 19.4 Å². The van der Waals surface area contributed by atoms with Gasteiger partial charge in [0, 0.05) is 10.6 Å². The quantitative estimate of drug-likeness (QED) is 0.232. The number of nitrogen functional groups attached to an aromatic ring is 1. The SMILES string of the molecule is CNC(=O)C(CO)NC(=O)c1c(I)c(N)c(I)c(C(=O)O)c1I. The lowest BCUT2D eigenvalue weighted by Crippen LogP contribution is -2.48. The summed E-state index contributed by atoms with van der Waals surface area (Å²) < 4.78 is 0.933. The monoisotopic (exact) mass is 659 g/mol. The maximum atomic E-state index is 12.5. The van der Waals surface area contributed by atoms with Crippen LogP contribution < -0.4 is 16.4 Å². The smallest absolute Gasteiger partial charge is 0.337 e. The minimum atomic E-state index is -1.21. The summed E-state index contributed by atoms with van der Waals surface area (Å²) in [5.74, 6) is -2.46. The molecule has 0 saturated heterocycles. The average Bonchev–Trinajstić information content (AvgIpc) is 2.49. The lowest BCUT2D eigenvalue weighted by molar-refractivity contribution is -0.123. The number of benzene rings is 1. The summed E-state index contributed by atoms with van der Waals surface area (Å²) in [7, 11) is 1.37. The maximum absolute atomic E-state index is 12.5. The van der Waals surface area contributed by atoms with Crippen LogP contribution in [-0.4, -0.2) is 47.7 Å². The summed E-state index contributed by atoms with van der Waals surface area (Å²) in [6.45, 7) is -0.593. The van der Waals surface area contributed by atoms with Gasteiger partial charge in [0.15, 0.2) is 0 Å². The van der Waals surface area contributed by atoms with E-state index >= 15 is 0 Å². The van der Waals surface area contributed by atoms with Crippen LogP contribution in [0.2, 0.25) is 0 Å². The summed E-state index contributed by atoms with van der Waals surface area (Å²) in [4.78, 5) is 35.4. The molecule has 1 atom stereocenters. The zero-order valence-electron chi connectivity index (χ0n) is 11.6. The molecule has 1 aromatic rings. The topological polar surface area (TPSA) is 142 Å².